The summed E-state index contributed by atoms with van der Waals surface area (Å²) in [6.07, 6.45) is 0.0572. The number of esters is 1. The number of anilines is 1. The van der Waals surface area contributed by atoms with Crippen LogP contribution in [0.5, 0.6) is 0 Å². The van der Waals surface area contributed by atoms with Crippen LogP contribution in [0.2, 0.25) is 0 Å². The van der Waals surface area contributed by atoms with Gasteiger partial charge in [-0.05, 0) is 24.6 Å². The van der Waals surface area contributed by atoms with Gasteiger partial charge >= 0.3 is 5.97 Å². The normalized spacial score (nSPS) is 10.1. The lowest BCUT2D eigenvalue weighted by atomic mass is 10.1. The molecule has 5 nitrogen and oxygen atoms in total. The average Bonchev–Trinajstić information content (AvgIpc) is 2.38. The van der Waals surface area contributed by atoms with Crippen molar-refractivity contribution in [2.45, 2.75) is 13.3 Å². The predicted octanol–water partition coefficient (Wildman–Crippen LogP) is 1.35. The number of methoxy groups -OCH3 is 1. The number of halogens is 1. The van der Waals surface area contributed by atoms with Gasteiger partial charge in [0.25, 0.3) is 5.91 Å². The third-order valence-corrected chi connectivity index (χ3v) is 2.73. The molecule has 0 aromatic heterocycles. The van der Waals surface area contributed by atoms with Gasteiger partial charge in [0.15, 0.2) is 0 Å². The summed E-state index contributed by atoms with van der Waals surface area (Å²) >= 11 is 0. The van der Waals surface area contributed by atoms with Gasteiger partial charge in [0, 0.05) is 19.3 Å². The Bertz CT molecular complexity index is 503. The number of benzene rings is 1. The Hall–Kier alpha value is -2.11. The van der Waals surface area contributed by atoms with Crippen LogP contribution >= 0.6 is 0 Å². The highest BCUT2D eigenvalue weighted by Gasteiger charge is 2.19. The topological polar surface area (TPSA) is 72.6 Å². The summed E-state index contributed by atoms with van der Waals surface area (Å²) in [5, 5.41) is 0. The molecule has 0 fully saturated rings. The first-order valence-corrected chi connectivity index (χ1v) is 5.74. The Morgan fingerprint density at radius 3 is 2.63 bits per heavy atom. The zero-order valence-electron chi connectivity index (χ0n) is 11.2. The number of nitrogens with two attached hydrogens (primary N) is 1. The zero-order chi connectivity index (χ0) is 14.6. The molecule has 1 aromatic carbocycles. The summed E-state index contributed by atoms with van der Waals surface area (Å²) in [7, 11) is 2.76. The molecule has 0 heterocycles. The fourth-order valence-corrected chi connectivity index (χ4v) is 1.62. The van der Waals surface area contributed by atoms with Crippen LogP contribution in [0.15, 0.2) is 12.1 Å². The van der Waals surface area contributed by atoms with Gasteiger partial charge in [-0.15, -0.1) is 0 Å². The second kappa shape index (κ2) is 6.17. The summed E-state index contributed by atoms with van der Waals surface area (Å²) in [6.45, 7) is 1.69. The van der Waals surface area contributed by atoms with Crippen LogP contribution in [0, 0.1) is 12.7 Å². The molecular formula is C13H17FN2O3. The molecule has 0 saturated heterocycles. The molecule has 6 heteroatoms. The Morgan fingerprint density at radius 2 is 2.05 bits per heavy atom. The van der Waals surface area contributed by atoms with Crippen molar-refractivity contribution in [2.24, 2.45) is 0 Å². The number of rotatable bonds is 4. The molecule has 104 valence electrons. The van der Waals surface area contributed by atoms with E-state index in [1.807, 2.05) is 0 Å². The Morgan fingerprint density at radius 1 is 1.42 bits per heavy atom. The Kier molecular flexibility index (Phi) is 4.86. The van der Waals surface area contributed by atoms with Crippen molar-refractivity contribution >= 4 is 17.6 Å². The maximum atomic E-state index is 13.9. The lowest BCUT2D eigenvalue weighted by Gasteiger charge is -2.17. The Balaban J connectivity index is 2.85. The molecule has 1 amide bonds. The largest absolute Gasteiger partial charge is 0.469 e. The number of ether oxygens (including phenoxy) is 1. The average molecular weight is 268 g/mol. The van der Waals surface area contributed by atoms with E-state index in [0.29, 0.717) is 11.3 Å². The maximum Gasteiger partial charge on any atom is 0.307 e. The van der Waals surface area contributed by atoms with Gasteiger partial charge in [-0.1, -0.05) is 0 Å². The van der Waals surface area contributed by atoms with Crippen LogP contribution in [0.1, 0.15) is 22.3 Å². The minimum Gasteiger partial charge on any atom is -0.469 e. The second-order valence-corrected chi connectivity index (χ2v) is 4.25. The summed E-state index contributed by atoms with van der Waals surface area (Å²) in [6, 6.07) is 2.75. The number of carbonyl (C=O) groups excluding carboxylic acids is 2. The number of amides is 1. The standard InChI is InChI=1S/C13H17FN2O3/c1-8-6-9(15)7-10(12(8)14)13(18)16(2)5-4-11(17)19-3/h6-7H,4-5,15H2,1-3H3. The molecule has 0 aliphatic carbocycles. The summed E-state index contributed by atoms with van der Waals surface area (Å²) in [5.41, 5.74) is 6.14. The van der Waals surface area contributed by atoms with Gasteiger partial charge in [-0.2, -0.15) is 0 Å². The van der Waals surface area contributed by atoms with Gasteiger partial charge < -0.3 is 15.4 Å². The van der Waals surface area contributed by atoms with E-state index >= 15 is 0 Å². The van der Waals surface area contributed by atoms with Crippen LogP contribution < -0.4 is 5.73 Å². The van der Waals surface area contributed by atoms with E-state index in [0.717, 1.165) is 0 Å². The van der Waals surface area contributed by atoms with Gasteiger partial charge in [0.1, 0.15) is 5.82 Å². The van der Waals surface area contributed by atoms with Crippen molar-refractivity contribution in [2.75, 3.05) is 26.4 Å². The van der Waals surface area contributed by atoms with Crippen LogP contribution in [-0.2, 0) is 9.53 Å². The number of carbonyl (C=O) groups is 2. The molecule has 0 spiro atoms. The molecule has 2 N–H and O–H groups in total. The van der Waals surface area contributed by atoms with E-state index in [2.05, 4.69) is 4.74 Å². The highest BCUT2D eigenvalue weighted by Crippen LogP contribution is 2.18. The van der Waals surface area contributed by atoms with E-state index in [4.69, 9.17) is 5.73 Å². The van der Waals surface area contributed by atoms with Crippen molar-refractivity contribution in [1.29, 1.82) is 0 Å². The SMILES string of the molecule is COC(=O)CCN(C)C(=O)c1cc(N)cc(C)c1F. The molecule has 1 aromatic rings. The van der Waals surface area contributed by atoms with Crippen LogP contribution in [0.3, 0.4) is 0 Å². The van der Waals surface area contributed by atoms with Crippen molar-refractivity contribution in [3.05, 3.63) is 29.1 Å². The highest BCUT2D eigenvalue weighted by atomic mass is 19.1. The van der Waals surface area contributed by atoms with E-state index in [1.165, 1.54) is 38.1 Å². The van der Waals surface area contributed by atoms with Gasteiger partial charge in [-0.25, -0.2) is 4.39 Å². The molecule has 1 rings (SSSR count). The first-order valence-electron chi connectivity index (χ1n) is 5.74. The van der Waals surface area contributed by atoms with Gasteiger partial charge in [0.05, 0.1) is 19.1 Å². The van der Waals surface area contributed by atoms with Crippen LogP contribution in [-0.4, -0.2) is 37.5 Å². The fourth-order valence-electron chi connectivity index (χ4n) is 1.62. The van der Waals surface area contributed by atoms with E-state index < -0.39 is 17.7 Å². The van der Waals surface area contributed by atoms with Crippen molar-refractivity contribution in [3.63, 3.8) is 0 Å². The van der Waals surface area contributed by atoms with Gasteiger partial charge in [-0.3, -0.25) is 9.59 Å². The maximum absolute atomic E-state index is 13.9. The number of nitrogen functional groups attached to an aromatic ring is 1. The fraction of sp³-hybridized carbons (Fsp3) is 0.385. The molecule has 0 radical (unpaired) electrons. The molecule has 0 saturated carbocycles. The van der Waals surface area contributed by atoms with Gasteiger partial charge in [0.2, 0.25) is 0 Å². The van der Waals surface area contributed by atoms with E-state index in [9.17, 15) is 14.0 Å². The lowest BCUT2D eigenvalue weighted by Crippen LogP contribution is -2.30. The molecule has 0 aliphatic heterocycles. The van der Waals surface area contributed by atoms with Crippen molar-refractivity contribution in [3.8, 4) is 0 Å². The summed E-state index contributed by atoms with van der Waals surface area (Å²) < 4.78 is 18.3. The van der Waals surface area contributed by atoms with Crippen LogP contribution in [0.25, 0.3) is 0 Å². The smallest absolute Gasteiger partial charge is 0.307 e. The summed E-state index contributed by atoms with van der Waals surface area (Å²) in [4.78, 5) is 24.3. The number of hydrogen-bond acceptors (Lipinski definition) is 4. The lowest BCUT2D eigenvalue weighted by molar-refractivity contribution is -0.140. The van der Waals surface area contributed by atoms with Crippen molar-refractivity contribution < 1.29 is 18.7 Å². The number of hydrogen-bond donors (Lipinski definition) is 1. The third kappa shape index (κ3) is 3.67. The molecule has 0 bridgehead atoms. The van der Waals surface area contributed by atoms with E-state index in [1.54, 1.807) is 0 Å². The van der Waals surface area contributed by atoms with E-state index in [-0.39, 0.29) is 18.5 Å². The van der Waals surface area contributed by atoms with Crippen molar-refractivity contribution in [1.82, 2.24) is 4.90 Å². The molecule has 0 unspecified atom stereocenters. The van der Waals surface area contributed by atoms with Crippen LogP contribution in [0.4, 0.5) is 10.1 Å². The highest BCUT2D eigenvalue weighted by molar-refractivity contribution is 5.95. The molecule has 0 atom stereocenters. The molecular weight excluding hydrogens is 251 g/mol. The number of aryl methyl sites for hydroxylation is 1. The Labute approximate surface area is 111 Å². The molecule has 19 heavy (non-hydrogen) atoms. The zero-order valence-corrected chi connectivity index (χ0v) is 11.2. The first kappa shape index (κ1) is 14.9. The third-order valence-electron chi connectivity index (χ3n) is 2.73. The summed E-state index contributed by atoms with van der Waals surface area (Å²) in [5.74, 6) is -1.54. The quantitative estimate of drug-likeness (QED) is 0.661. The molecule has 0 aliphatic rings. The minimum atomic E-state index is -0.593. The number of nitrogens with zero attached hydrogens (tertiary/aromatic N) is 1. The monoisotopic (exact) mass is 268 g/mol. The predicted molar refractivity (Wildman–Crippen MR) is 69.1 cm³/mol. The minimum absolute atomic E-state index is 0.0572. The first-order chi connectivity index (χ1) is 8.86. The second-order valence-electron chi connectivity index (χ2n) is 4.25.